The number of aryl methyl sites for hydroxylation is 1. The van der Waals surface area contributed by atoms with Crippen molar-refractivity contribution in [3.63, 3.8) is 0 Å². The predicted molar refractivity (Wildman–Crippen MR) is 80.4 cm³/mol. The van der Waals surface area contributed by atoms with Gasteiger partial charge in [-0.25, -0.2) is 0 Å². The number of benzene rings is 1. The quantitative estimate of drug-likeness (QED) is 0.759. The predicted octanol–water partition coefficient (Wildman–Crippen LogP) is 3.41. The minimum atomic E-state index is 0.281. The fourth-order valence-corrected chi connectivity index (χ4v) is 2.93. The second kappa shape index (κ2) is 6.53. The molecule has 2 rings (SSSR count). The van der Waals surface area contributed by atoms with Crippen LogP contribution in [0.2, 0.25) is 0 Å². The van der Waals surface area contributed by atoms with E-state index >= 15 is 0 Å². The highest BCUT2D eigenvalue weighted by Crippen LogP contribution is 2.42. The lowest BCUT2D eigenvalue weighted by atomic mass is 9.64. The van der Waals surface area contributed by atoms with E-state index in [1.807, 2.05) is 0 Å². The highest BCUT2D eigenvalue weighted by Gasteiger charge is 2.48. The van der Waals surface area contributed by atoms with Crippen molar-refractivity contribution in [3.05, 3.63) is 35.9 Å². The standard InChI is InChI=1S/C17H27NO/c1-4-19-16-13-15(17(16,2)3)18-12-8-11-14-9-6-5-7-10-14/h5-7,9-10,15-16,18H,4,8,11-13H2,1-3H3. The molecule has 2 unspecified atom stereocenters. The van der Waals surface area contributed by atoms with Crippen LogP contribution in [0.15, 0.2) is 30.3 Å². The zero-order chi connectivity index (χ0) is 13.7. The largest absolute Gasteiger partial charge is 0.378 e. The normalized spacial score (nSPS) is 25.0. The summed E-state index contributed by atoms with van der Waals surface area (Å²) in [6.45, 7) is 8.63. The maximum atomic E-state index is 5.76. The van der Waals surface area contributed by atoms with Crippen LogP contribution >= 0.6 is 0 Å². The lowest BCUT2D eigenvalue weighted by molar-refractivity contribution is -0.113. The van der Waals surface area contributed by atoms with Crippen LogP contribution in [0.5, 0.6) is 0 Å². The summed E-state index contributed by atoms with van der Waals surface area (Å²) in [5, 5.41) is 3.69. The third kappa shape index (κ3) is 3.58. The summed E-state index contributed by atoms with van der Waals surface area (Å²) in [4.78, 5) is 0. The van der Waals surface area contributed by atoms with Crippen LogP contribution in [0.3, 0.4) is 0 Å². The van der Waals surface area contributed by atoms with Crippen LogP contribution in [0, 0.1) is 5.41 Å². The van der Waals surface area contributed by atoms with Gasteiger partial charge < -0.3 is 10.1 Å². The van der Waals surface area contributed by atoms with E-state index in [0.717, 1.165) is 26.0 Å². The van der Waals surface area contributed by atoms with Crippen LogP contribution in [0.25, 0.3) is 0 Å². The van der Waals surface area contributed by atoms with Gasteiger partial charge in [-0.3, -0.25) is 0 Å². The number of hydrogen-bond donors (Lipinski definition) is 1. The summed E-state index contributed by atoms with van der Waals surface area (Å²) in [7, 11) is 0. The SMILES string of the molecule is CCOC1CC(NCCCc2ccccc2)C1(C)C. The summed E-state index contributed by atoms with van der Waals surface area (Å²) in [5.74, 6) is 0. The molecule has 2 heteroatoms. The maximum absolute atomic E-state index is 5.76. The Labute approximate surface area is 117 Å². The van der Waals surface area contributed by atoms with Crippen LogP contribution in [-0.4, -0.2) is 25.3 Å². The van der Waals surface area contributed by atoms with Crippen LogP contribution in [-0.2, 0) is 11.2 Å². The third-order valence-corrected chi connectivity index (χ3v) is 4.42. The molecular formula is C17H27NO. The summed E-state index contributed by atoms with van der Waals surface area (Å²) in [6.07, 6.45) is 3.96. The van der Waals surface area contributed by atoms with Crippen molar-refractivity contribution in [3.8, 4) is 0 Å². The number of rotatable bonds is 7. The fourth-order valence-electron chi connectivity index (χ4n) is 2.93. The van der Waals surface area contributed by atoms with Gasteiger partial charge in [-0.05, 0) is 38.3 Å². The number of ether oxygens (including phenoxy) is 1. The van der Waals surface area contributed by atoms with E-state index < -0.39 is 0 Å². The molecule has 0 heterocycles. The highest BCUT2D eigenvalue weighted by molar-refractivity contribution is 5.14. The lowest BCUT2D eigenvalue weighted by Crippen LogP contribution is -2.61. The van der Waals surface area contributed by atoms with Gasteiger partial charge in [0.1, 0.15) is 0 Å². The van der Waals surface area contributed by atoms with Gasteiger partial charge in [-0.15, -0.1) is 0 Å². The Balaban J connectivity index is 1.65. The van der Waals surface area contributed by atoms with Crippen molar-refractivity contribution >= 4 is 0 Å². The monoisotopic (exact) mass is 261 g/mol. The van der Waals surface area contributed by atoms with E-state index in [2.05, 4.69) is 56.4 Å². The van der Waals surface area contributed by atoms with E-state index in [9.17, 15) is 0 Å². The average Bonchev–Trinajstić information content (AvgIpc) is 2.42. The van der Waals surface area contributed by atoms with Gasteiger partial charge in [0, 0.05) is 18.1 Å². The second-order valence-corrected chi connectivity index (χ2v) is 6.10. The molecule has 1 aliphatic carbocycles. The summed E-state index contributed by atoms with van der Waals surface area (Å²) >= 11 is 0. The summed E-state index contributed by atoms with van der Waals surface area (Å²) < 4.78 is 5.76. The topological polar surface area (TPSA) is 21.3 Å². The Morgan fingerprint density at radius 2 is 2.00 bits per heavy atom. The van der Waals surface area contributed by atoms with E-state index in [1.165, 1.54) is 12.0 Å². The average molecular weight is 261 g/mol. The molecule has 0 saturated heterocycles. The Morgan fingerprint density at radius 1 is 1.26 bits per heavy atom. The maximum Gasteiger partial charge on any atom is 0.0655 e. The van der Waals surface area contributed by atoms with E-state index in [0.29, 0.717) is 12.1 Å². The first-order chi connectivity index (χ1) is 9.14. The molecule has 2 atom stereocenters. The first-order valence-electron chi connectivity index (χ1n) is 7.53. The third-order valence-electron chi connectivity index (χ3n) is 4.42. The zero-order valence-electron chi connectivity index (χ0n) is 12.5. The molecule has 1 aromatic rings. The molecule has 1 saturated carbocycles. The van der Waals surface area contributed by atoms with Crippen LogP contribution in [0.1, 0.15) is 39.2 Å². The summed E-state index contributed by atoms with van der Waals surface area (Å²) in [6, 6.07) is 11.3. The van der Waals surface area contributed by atoms with E-state index in [-0.39, 0.29) is 5.41 Å². The molecule has 0 amide bonds. The minimum absolute atomic E-state index is 0.281. The van der Waals surface area contributed by atoms with Crippen molar-refractivity contribution in [1.29, 1.82) is 0 Å². The molecule has 19 heavy (non-hydrogen) atoms. The van der Waals surface area contributed by atoms with Gasteiger partial charge in [0.15, 0.2) is 0 Å². The fraction of sp³-hybridized carbons (Fsp3) is 0.647. The molecule has 106 valence electrons. The smallest absolute Gasteiger partial charge is 0.0655 e. The van der Waals surface area contributed by atoms with Gasteiger partial charge in [0.25, 0.3) is 0 Å². The Hall–Kier alpha value is -0.860. The summed E-state index contributed by atoms with van der Waals surface area (Å²) in [5.41, 5.74) is 1.72. The number of nitrogens with one attached hydrogen (secondary N) is 1. The molecule has 0 radical (unpaired) electrons. The molecule has 0 aliphatic heterocycles. The van der Waals surface area contributed by atoms with E-state index in [1.54, 1.807) is 0 Å². The Morgan fingerprint density at radius 3 is 2.63 bits per heavy atom. The van der Waals surface area contributed by atoms with Crippen molar-refractivity contribution in [1.82, 2.24) is 5.32 Å². The minimum Gasteiger partial charge on any atom is -0.378 e. The molecule has 1 fully saturated rings. The van der Waals surface area contributed by atoms with Gasteiger partial charge >= 0.3 is 0 Å². The van der Waals surface area contributed by atoms with Crippen molar-refractivity contribution in [2.75, 3.05) is 13.2 Å². The van der Waals surface area contributed by atoms with Gasteiger partial charge in [0.05, 0.1) is 6.10 Å². The van der Waals surface area contributed by atoms with Crippen molar-refractivity contribution in [2.45, 2.75) is 52.2 Å². The van der Waals surface area contributed by atoms with Gasteiger partial charge in [-0.1, -0.05) is 44.2 Å². The van der Waals surface area contributed by atoms with E-state index in [4.69, 9.17) is 4.74 Å². The van der Waals surface area contributed by atoms with Crippen molar-refractivity contribution in [2.24, 2.45) is 5.41 Å². The molecular weight excluding hydrogens is 234 g/mol. The van der Waals surface area contributed by atoms with Gasteiger partial charge in [-0.2, -0.15) is 0 Å². The van der Waals surface area contributed by atoms with Gasteiger partial charge in [0.2, 0.25) is 0 Å². The first kappa shape index (κ1) is 14.5. The van der Waals surface area contributed by atoms with Crippen LogP contribution < -0.4 is 5.32 Å². The molecule has 0 bridgehead atoms. The lowest BCUT2D eigenvalue weighted by Gasteiger charge is -2.52. The second-order valence-electron chi connectivity index (χ2n) is 6.10. The molecule has 1 aromatic carbocycles. The Bertz CT molecular complexity index is 374. The Kier molecular flexibility index (Phi) is 5.00. The number of hydrogen-bond acceptors (Lipinski definition) is 2. The molecule has 0 spiro atoms. The highest BCUT2D eigenvalue weighted by atomic mass is 16.5. The molecule has 0 aromatic heterocycles. The molecule has 1 N–H and O–H groups in total. The van der Waals surface area contributed by atoms with Crippen LogP contribution in [0.4, 0.5) is 0 Å². The first-order valence-corrected chi connectivity index (χ1v) is 7.53. The zero-order valence-corrected chi connectivity index (χ0v) is 12.5. The van der Waals surface area contributed by atoms with Crippen molar-refractivity contribution < 1.29 is 4.74 Å². The molecule has 2 nitrogen and oxygen atoms in total. The molecule has 1 aliphatic rings.